The molecule has 0 N–H and O–H groups in total. The van der Waals surface area contributed by atoms with E-state index in [2.05, 4.69) is 60.7 Å². The first-order chi connectivity index (χ1) is 7.36. The summed E-state index contributed by atoms with van der Waals surface area (Å²) in [6.45, 7) is 0. The van der Waals surface area contributed by atoms with Crippen LogP contribution in [0, 0.1) is 0 Å². The van der Waals surface area contributed by atoms with Crippen LogP contribution in [-0.4, -0.2) is 3.21 Å². The average Bonchev–Trinajstić information content (AvgIpc) is 2.31. The topological polar surface area (TPSA) is 0 Å². The molecule has 0 saturated carbocycles. The van der Waals surface area contributed by atoms with E-state index >= 15 is 0 Å². The van der Waals surface area contributed by atoms with Crippen molar-refractivity contribution in [1.82, 2.24) is 0 Å². The van der Waals surface area contributed by atoms with Crippen LogP contribution in [0.25, 0.3) is 0 Å². The first-order valence-electron chi connectivity index (χ1n) is 5.03. The predicted molar refractivity (Wildman–Crippen MR) is 60.7 cm³/mol. The third-order valence-corrected chi connectivity index (χ3v) is 3.49. The molecule has 0 fully saturated rings. The Labute approximate surface area is 105 Å². The molecule has 2 rings (SSSR count). The Morgan fingerprint density at radius 3 is 1.93 bits per heavy atom. The van der Waals surface area contributed by atoms with Crippen molar-refractivity contribution in [3.05, 3.63) is 71.8 Å². The van der Waals surface area contributed by atoms with Crippen molar-refractivity contribution in [2.24, 2.45) is 0 Å². The molecule has 0 unspecified atom stereocenters. The van der Waals surface area contributed by atoms with E-state index in [4.69, 9.17) is 0 Å². The Morgan fingerprint density at radius 2 is 1.33 bits per heavy atom. The molecular formula is C14H12Zr+2. The van der Waals surface area contributed by atoms with E-state index in [0.29, 0.717) is 0 Å². The summed E-state index contributed by atoms with van der Waals surface area (Å²) in [5, 5.41) is 0. The van der Waals surface area contributed by atoms with Gasteiger partial charge >= 0.3 is 106 Å². The molecule has 0 nitrogen and oxygen atoms in total. The zero-order valence-electron chi connectivity index (χ0n) is 8.48. The van der Waals surface area contributed by atoms with Crippen LogP contribution >= 0.6 is 0 Å². The van der Waals surface area contributed by atoms with E-state index in [1.54, 1.807) is 0 Å². The molecule has 15 heavy (non-hydrogen) atoms. The Bertz CT molecular complexity index is 431. The molecule has 0 spiro atoms. The van der Waals surface area contributed by atoms with Gasteiger partial charge in [0, 0.05) is 0 Å². The minimum absolute atomic E-state index is 1.07. The summed E-state index contributed by atoms with van der Waals surface area (Å²) in [7, 11) is 0. The standard InChI is InChI=1S/C14H12.Zr/c1-3-7-13(8-4-1)11-12-14-9-5-2-6-10-14;/h1-10H,11H2;/q;+2. The van der Waals surface area contributed by atoms with Gasteiger partial charge in [0.1, 0.15) is 0 Å². The normalized spacial score (nSPS) is 10.0. The van der Waals surface area contributed by atoms with Gasteiger partial charge in [-0.25, -0.2) is 0 Å². The van der Waals surface area contributed by atoms with Gasteiger partial charge in [-0.05, 0) is 0 Å². The maximum atomic E-state index is 2.19. The van der Waals surface area contributed by atoms with Crippen LogP contribution in [0.1, 0.15) is 11.1 Å². The Balaban J connectivity index is 2.12. The monoisotopic (exact) mass is 270 g/mol. The molecule has 0 aliphatic carbocycles. The van der Waals surface area contributed by atoms with Crippen molar-refractivity contribution in [2.75, 3.05) is 0 Å². The predicted octanol–water partition coefficient (Wildman–Crippen LogP) is 3.00. The van der Waals surface area contributed by atoms with Crippen molar-refractivity contribution in [2.45, 2.75) is 6.42 Å². The van der Waals surface area contributed by atoms with Crippen LogP contribution in [0.4, 0.5) is 0 Å². The van der Waals surface area contributed by atoms with Crippen LogP contribution in [-0.2, 0) is 30.7 Å². The van der Waals surface area contributed by atoms with E-state index in [1.807, 2.05) is 0 Å². The van der Waals surface area contributed by atoms with Gasteiger partial charge in [-0.2, -0.15) is 0 Å². The van der Waals surface area contributed by atoms with Crippen LogP contribution in [0.15, 0.2) is 60.7 Å². The molecule has 0 saturated heterocycles. The fourth-order valence-corrected chi connectivity index (χ4v) is 2.45. The summed E-state index contributed by atoms with van der Waals surface area (Å²) < 4.78 is 1.51. The van der Waals surface area contributed by atoms with Gasteiger partial charge < -0.3 is 0 Å². The summed E-state index contributed by atoms with van der Waals surface area (Å²) in [6.07, 6.45) is 1.07. The summed E-state index contributed by atoms with van der Waals surface area (Å²) in [5.41, 5.74) is 2.77. The van der Waals surface area contributed by atoms with Gasteiger partial charge in [-0.1, -0.05) is 0 Å². The van der Waals surface area contributed by atoms with Gasteiger partial charge in [0.05, 0.1) is 0 Å². The molecule has 0 bridgehead atoms. The molecule has 0 amide bonds. The fraction of sp³-hybridized carbons (Fsp3) is 0.0714. The van der Waals surface area contributed by atoms with E-state index < -0.39 is 0 Å². The Hall–Kier alpha value is -0.807. The molecule has 0 heterocycles. The first kappa shape index (κ1) is 10.7. The molecule has 2 aromatic rings. The van der Waals surface area contributed by atoms with Crippen LogP contribution in [0.3, 0.4) is 0 Å². The second-order valence-electron chi connectivity index (χ2n) is 3.51. The molecular weight excluding hydrogens is 259 g/mol. The SMILES string of the molecule is [Zr+2]=[C](Cc1ccccc1)c1ccccc1. The summed E-state index contributed by atoms with van der Waals surface area (Å²) in [5.74, 6) is 0. The number of rotatable bonds is 3. The van der Waals surface area contributed by atoms with Crippen LogP contribution in [0.2, 0.25) is 0 Å². The molecule has 0 atom stereocenters. The summed E-state index contributed by atoms with van der Waals surface area (Å²) >= 11 is 1.50. The molecule has 1 heteroatoms. The third kappa shape index (κ3) is 3.07. The second-order valence-corrected chi connectivity index (χ2v) is 4.99. The second kappa shape index (κ2) is 5.32. The zero-order valence-corrected chi connectivity index (χ0v) is 10.9. The van der Waals surface area contributed by atoms with Crippen LogP contribution in [0.5, 0.6) is 0 Å². The number of hydrogen-bond donors (Lipinski definition) is 0. The van der Waals surface area contributed by atoms with Crippen molar-refractivity contribution in [3.63, 3.8) is 0 Å². The zero-order chi connectivity index (χ0) is 10.5. The Kier molecular flexibility index (Phi) is 3.80. The van der Waals surface area contributed by atoms with E-state index in [-0.39, 0.29) is 0 Å². The van der Waals surface area contributed by atoms with Gasteiger partial charge in [-0.15, -0.1) is 0 Å². The van der Waals surface area contributed by atoms with Crippen molar-refractivity contribution >= 4 is 3.21 Å². The summed E-state index contributed by atoms with van der Waals surface area (Å²) in [4.78, 5) is 0. The summed E-state index contributed by atoms with van der Waals surface area (Å²) in [6, 6.07) is 21.3. The van der Waals surface area contributed by atoms with Gasteiger partial charge in [-0.3, -0.25) is 0 Å². The molecule has 0 aromatic heterocycles. The van der Waals surface area contributed by atoms with E-state index in [1.165, 1.54) is 38.6 Å². The Morgan fingerprint density at radius 1 is 0.800 bits per heavy atom. The quantitative estimate of drug-likeness (QED) is 0.805. The van der Waals surface area contributed by atoms with Crippen molar-refractivity contribution < 1.29 is 24.2 Å². The molecule has 0 aliphatic rings. The van der Waals surface area contributed by atoms with Crippen molar-refractivity contribution in [1.29, 1.82) is 0 Å². The fourth-order valence-electron chi connectivity index (χ4n) is 1.54. The van der Waals surface area contributed by atoms with Gasteiger partial charge in [0.25, 0.3) is 0 Å². The molecule has 0 aliphatic heterocycles. The number of hydrogen-bond acceptors (Lipinski definition) is 0. The van der Waals surface area contributed by atoms with Crippen LogP contribution < -0.4 is 0 Å². The number of benzene rings is 2. The molecule has 0 radical (unpaired) electrons. The van der Waals surface area contributed by atoms with E-state index in [9.17, 15) is 0 Å². The minimum atomic E-state index is 1.07. The molecule has 2 aromatic carbocycles. The van der Waals surface area contributed by atoms with Gasteiger partial charge in [0.15, 0.2) is 0 Å². The van der Waals surface area contributed by atoms with E-state index in [0.717, 1.165) is 6.42 Å². The first-order valence-corrected chi connectivity index (χ1v) is 6.26. The maximum absolute atomic E-state index is 2.19. The third-order valence-electron chi connectivity index (χ3n) is 2.35. The average molecular weight is 271 g/mol. The van der Waals surface area contributed by atoms with Crippen molar-refractivity contribution in [3.8, 4) is 0 Å². The van der Waals surface area contributed by atoms with Gasteiger partial charge in [0.2, 0.25) is 0 Å². The molecule has 70 valence electrons.